The molecule has 156 valence electrons. The number of carbonyl (C=O) groups is 1. The van der Waals surface area contributed by atoms with Crippen LogP contribution in [0.15, 0.2) is 82.7 Å². The van der Waals surface area contributed by atoms with Gasteiger partial charge in [-0.15, -0.1) is 0 Å². The van der Waals surface area contributed by atoms with Crippen LogP contribution in [0.3, 0.4) is 0 Å². The molecule has 6 heteroatoms. The minimum atomic E-state index is -0.106. The maximum absolute atomic E-state index is 13.3. The number of nitrogens with zero attached hydrogens (tertiary/aromatic N) is 2. The molecule has 0 aliphatic rings. The molecule has 1 aromatic heterocycles. The Bertz CT molecular complexity index is 1300. The summed E-state index contributed by atoms with van der Waals surface area (Å²) >= 11 is 1.41. The fourth-order valence-corrected chi connectivity index (χ4v) is 4.23. The number of fused-ring (bicyclic) bond motifs is 1. The summed E-state index contributed by atoms with van der Waals surface area (Å²) in [5, 5.41) is 4.05. The lowest BCUT2D eigenvalue weighted by Crippen LogP contribution is -2.22. The molecule has 0 spiro atoms. The summed E-state index contributed by atoms with van der Waals surface area (Å²) in [4.78, 5) is 30.4. The standard InChI is InChI=1S/C25H23N3O2S/c1-17-12-13-20(16-18(17)2)28-24(30)21-10-6-7-11-22(21)27-25(28)31-15-14-23(29)26-19-8-4-3-5-9-19/h3-13,16H,14-15H2,1-2H3,(H,26,29). The van der Waals surface area contributed by atoms with E-state index in [1.54, 1.807) is 10.6 Å². The predicted molar refractivity (Wildman–Crippen MR) is 127 cm³/mol. The van der Waals surface area contributed by atoms with Gasteiger partial charge in [0.05, 0.1) is 16.6 Å². The Morgan fingerprint density at radius 2 is 1.71 bits per heavy atom. The van der Waals surface area contributed by atoms with Crippen molar-refractivity contribution < 1.29 is 4.79 Å². The second-order valence-corrected chi connectivity index (χ2v) is 8.40. The van der Waals surface area contributed by atoms with Crippen molar-refractivity contribution in [1.82, 2.24) is 9.55 Å². The smallest absolute Gasteiger partial charge is 0.266 e. The molecule has 0 aliphatic carbocycles. The maximum atomic E-state index is 13.3. The number of nitrogens with one attached hydrogen (secondary N) is 1. The van der Waals surface area contributed by atoms with Crippen molar-refractivity contribution >= 4 is 34.3 Å². The zero-order valence-electron chi connectivity index (χ0n) is 17.5. The van der Waals surface area contributed by atoms with Crippen molar-refractivity contribution in [2.75, 3.05) is 11.1 Å². The molecule has 1 N–H and O–H groups in total. The number of hydrogen-bond donors (Lipinski definition) is 1. The Morgan fingerprint density at radius 3 is 2.48 bits per heavy atom. The van der Waals surface area contributed by atoms with Gasteiger partial charge in [-0.1, -0.05) is 48.2 Å². The summed E-state index contributed by atoms with van der Waals surface area (Å²) < 4.78 is 1.65. The predicted octanol–water partition coefficient (Wildman–Crippen LogP) is 5.12. The summed E-state index contributed by atoms with van der Waals surface area (Å²) in [6, 6.07) is 22.7. The minimum Gasteiger partial charge on any atom is -0.326 e. The summed E-state index contributed by atoms with van der Waals surface area (Å²) in [7, 11) is 0. The third kappa shape index (κ3) is 4.70. The lowest BCUT2D eigenvalue weighted by atomic mass is 10.1. The summed E-state index contributed by atoms with van der Waals surface area (Å²) in [5.41, 5.74) is 4.37. The number of thioether (sulfide) groups is 1. The molecule has 1 amide bonds. The van der Waals surface area contributed by atoms with Crippen LogP contribution in [0.2, 0.25) is 0 Å². The summed E-state index contributed by atoms with van der Waals surface area (Å²) in [6.45, 7) is 4.07. The monoisotopic (exact) mass is 429 g/mol. The molecule has 5 nitrogen and oxygen atoms in total. The zero-order chi connectivity index (χ0) is 21.8. The van der Waals surface area contributed by atoms with E-state index >= 15 is 0 Å². The van der Waals surface area contributed by atoms with E-state index in [2.05, 4.69) is 5.32 Å². The number of carbonyl (C=O) groups excluding carboxylic acids is 1. The molecule has 4 rings (SSSR count). The second-order valence-electron chi connectivity index (χ2n) is 7.33. The lowest BCUT2D eigenvalue weighted by Gasteiger charge is -2.14. The highest BCUT2D eigenvalue weighted by Gasteiger charge is 2.14. The second kappa shape index (κ2) is 9.18. The van der Waals surface area contributed by atoms with Gasteiger partial charge in [-0.2, -0.15) is 0 Å². The van der Waals surface area contributed by atoms with E-state index in [0.29, 0.717) is 28.2 Å². The van der Waals surface area contributed by atoms with Gasteiger partial charge >= 0.3 is 0 Å². The van der Waals surface area contributed by atoms with E-state index in [1.165, 1.54) is 11.8 Å². The Balaban J connectivity index is 1.62. The highest BCUT2D eigenvalue weighted by molar-refractivity contribution is 7.99. The van der Waals surface area contributed by atoms with Gasteiger partial charge in [-0.3, -0.25) is 14.2 Å². The van der Waals surface area contributed by atoms with Crippen LogP contribution in [0.1, 0.15) is 17.5 Å². The van der Waals surface area contributed by atoms with Crippen LogP contribution in [0, 0.1) is 13.8 Å². The fraction of sp³-hybridized carbons (Fsp3) is 0.160. The van der Waals surface area contributed by atoms with E-state index in [0.717, 1.165) is 22.5 Å². The average molecular weight is 430 g/mol. The van der Waals surface area contributed by atoms with Crippen molar-refractivity contribution in [3.05, 3.63) is 94.3 Å². The van der Waals surface area contributed by atoms with Crippen LogP contribution in [0.5, 0.6) is 0 Å². The summed E-state index contributed by atoms with van der Waals surface area (Å²) in [6.07, 6.45) is 0.315. The number of anilines is 1. The molecular weight excluding hydrogens is 406 g/mol. The highest BCUT2D eigenvalue weighted by atomic mass is 32.2. The van der Waals surface area contributed by atoms with E-state index < -0.39 is 0 Å². The Morgan fingerprint density at radius 1 is 0.968 bits per heavy atom. The van der Waals surface area contributed by atoms with E-state index in [4.69, 9.17) is 4.98 Å². The molecule has 4 aromatic rings. The first-order chi connectivity index (χ1) is 15.0. The van der Waals surface area contributed by atoms with Crippen molar-refractivity contribution in [3.8, 4) is 5.69 Å². The van der Waals surface area contributed by atoms with Crippen LogP contribution in [0.4, 0.5) is 5.69 Å². The number of para-hydroxylation sites is 2. The van der Waals surface area contributed by atoms with Crippen molar-refractivity contribution in [3.63, 3.8) is 0 Å². The van der Waals surface area contributed by atoms with Crippen LogP contribution < -0.4 is 10.9 Å². The third-order valence-electron chi connectivity index (χ3n) is 5.11. The molecule has 31 heavy (non-hydrogen) atoms. The first-order valence-corrected chi connectivity index (χ1v) is 11.1. The molecule has 0 atom stereocenters. The SMILES string of the molecule is Cc1ccc(-n2c(SCCC(=O)Nc3ccccc3)nc3ccccc3c2=O)cc1C. The Kier molecular flexibility index (Phi) is 6.18. The van der Waals surface area contributed by atoms with Crippen LogP contribution in [-0.2, 0) is 4.79 Å². The quantitative estimate of drug-likeness (QED) is 0.341. The molecule has 0 aliphatic heterocycles. The van der Waals surface area contributed by atoms with Crippen LogP contribution in [-0.4, -0.2) is 21.2 Å². The van der Waals surface area contributed by atoms with Gasteiger partial charge in [0.1, 0.15) is 0 Å². The van der Waals surface area contributed by atoms with E-state index in [9.17, 15) is 9.59 Å². The highest BCUT2D eigenvalue weighted by Crippen LogP contribution is 2.23. The van der Waals surface area contributed by atoms with Gasteiger partial charge < -0.3 is 5.32 Å². The lowest BCUT2D eigenvalue weighted by molar-refractivity contribution is -0.115. The number of rotatable bonds is 6. The first-order valence-electron chi connectivity index (χ1n) is 10.1. The van der Waals surface area contributed by atoms with Gasteiger partial charge in [-0.05, 0) is 61.4 Å². The molecule has 0 saturated carbocycles. The fourth-order valence-electron chi connectivity index (χ4n) is 3.28. The number of hydrogen-bond acceptors (Lipinski definition) is 4. The van der Waals surface area contributed by atoms with Gasteiger partial charge in [0, 0.05) is 17.9 Å². The molecule has 0 saturated heterocycles. The molecule has 0 bridgehead atoms. The molecule has 0 unspecified atom stereocenters. The number of aryl methyl sites for hydroxylation is 2. The van der Waals surface area contributed by atoms with Crippen LogP contribution in [0.25, 0.3) is 16.6 Å². The van der Waals surface area contributed by atoms with Gasteiger partial charge in [0.25, 0.3) is 5.56 Å². The molecule has 1 heterocycles. The molecule has 0 radical (unpaired) electrons. The summed E-state index contributed by atoms with van der Waals surface area (Å²) in [5.74, 6) is 0.438. The van der Waals surface area contributed by atoms with Gasteiger partial charge in [0.2, 0.25) is 5.91 Å². The average Bonchev–Trinajstić information content (AvgIpc) is 2.77. The number of aromatic nitrogens is 2. The van der Waals surface area contributed by atoms with E-state index in [-0.39, 0.29) is 11.5 Å². The molecule has 3 aromatic carbocycles. The molecular formula is C25H23N3O2S. The normalized spacial score (nSPS) is 10.9. The molecule has 0 fully saturated rings. The minimum absolute atomic E-state index is 0.0698. The van der Waals surface area contributed by atoms with E-state index in [1.807, 2.05) is 80.6 Å². The zero-order valence-corrected chi connectivity index (χ0v) is 18.3. The van der Waals surface area contributed by atoms with Gasteiger partial charge in [-0.25, -0.2) is 4.98 Å². The van der Waals surface area contributed by atoms with Crippen molar-refractivity contribution in [1.29, 1.82) is 0 Å². The largest absolute Gasteiger partial charge is 0.326 e. The Labute approximate surface area is 185 Å². The van der Waals surface area contributed by atoms with Crippen LogP contribution >= 0.6 is 11.8 Å². The topological polar surface area (TPSA) is 64.0 Å². The van der Waals surface area contributed by atoms with Gasteiger partial charge in [0.15, 0.2) is 5.16 Å². The van der Waals surface area contributed by atoms with Crippen molar-refractivity contribution in [2.24, 2.45) is 0 Å². The Hall–Kier alpha value is -3.38. The number of amides is 1. The van der Waals surface area contributed by atoms with Crippen molar-refractivity contribution in [2.45, 2.75) is 25.4 Å². The number of benzene rings is 3. The first kappa shape index (κ1) is 20.9. The third-order valence-corrected chi connectivity index (χ3v) is 6.05. The maximum Gasteiger partial charge on any atom is 0.266 e.